The molecule has 2 rings (SSSR count). The molecule has 2 heterocycles. The number of nitrogens with zero attached hydrogens (tertiary/aromatic N) is 4. The summed E-state index contributed by atoms with van der Waals surface area (Å²) in [5, 5.41) is 9.09. The maximum atomic E-state index is 11.1. The Balaban J connectivity index is 2.44. The van der Waals surface area contributed by atoms with E-state index in [9.17, 15) is 4.79 Å². The van der Waals surface area contributed by atoms with Crippen molar-refractivity contribution < 1.29 is 9.90 Å². The second-order valence-corrected chi connectivity index (χ2v) is 4.95. The van der Waals surface area contributed by atoms with Crippen molar-refractivity contribution in [3.8, 4) is 11.4 Å². The number of aliphatic carboxylic acids is 1. The van der Waals surface area contributed by atoms with Crippen LogP contribution in [0.4, 0.5) is 5.82 Å². The van der Waals surface area contributed by atoms with E-state index in [1.807, 2.05) is 32.0 Å². The topological polar surface area (TPSA) is 79.2 Å². The highest BCUT2D eigenvalue weighted by Gasteiger charge is 2.14. The van der Waals surface area contributed by atoms with E-state index < -0.39 is 5.97 Å². The Bertz CT molecular complexity index is 631. The van der Waals surface area contributed by atoms with Crippen LogP contribution in [0.5, 0.6) is 0 Å². The van der Waals surface area contributed by atoms with E-state index in [4.69, 9.17) is 5.11 Å². The quantitative estimate of drug-likeness (QED) is 0.846. The number of hydrogen-bond donors (Lipinski definition) is 1. The maximum absolute atomic E-state index is 11.1. The lowest BCUT2D eigenvalue weighted by molar-refractivity contribution is -0.135. The number of aryl methyl sites for hydroxylation is 1. The van der Waals surface area contributed by atoms with Crippen molar-refractivity contribution >= 4 is 11.8 Å². The van der Waals surface area contributed by atoms with Gasteiger partial charge in [-0.05, 0) is 25.0 Å². The van der Waals surface area contributed by atoms with E-state index >= 15 is 0 Å². The second kappa shape index (κ2) is 7.49. The van der Waals surface area contributed by atoms with Gasteiger partial charge in [-0.2, -0.15) is 0 Å². The molecule has 0 aliphatic heterocycles. The van der Waals surface area contributed by atoms with Crippen molar-refractivity contribution in [2.45, 2.75) is 26.7 Å². The van der Waals surface area contributed by atoms with Gasteiger partial charge in [0.15, 0.2) is 5.82 Å². The van der Waals surface area contributed by atoms with Crippen molar-refractivity contribution in [2.24, 2.45) is 0 Å². The molecule has 0 saturated heterocycles. The molecular formula is C16H20N4O2. The Morgan fingerprint density at radius 1 is 1.23 bits per heavy atom. The van der Waals surface area contributed by atoms with Crippen LogP contribution in [-0.2, 0) is 11.2 Å². The molecule has 0 aromatic carbocycles. The fourth-order valence-corrected chi connectivity index (χ4v) is 2.16. The molecule has 0 unspecified atom stereocenters. The third kappa shape index (κ3) is 4.00. The molecule has 0 amide bonds. The molecule has 6 heteroatoms. The van der Waals surface area contributed by atoms with Crippen molar-refractivity contribution in [3.05, 3.63) is 36.3 Å². The highest BCUT2D eigenvalue weighted by molar-refractivity contribution is 5.73. The van der Waals surface area contributed by atoms with Gasteiger partial charge in [-0.1, -0.05) is 13.8 Å². The van der Waals surface area contributed by atoms with Crippen LogP contribution in [0, 0.1) is 0 Å². The van der Waals surface area contributed by atoms with Crippen LogP contribution in [0.1, 0.15) is 26.0 Å². The van der Waals surface area contributed by atoms with Gasteiger partial charge in [-0.3, -0.25) is 9.78 Å². The van der Waals surface area contributed by atoms with Gasteiger partial charge in [-0.15, -0.1) is 0 Å². The monoisotopic (exact) mass is 300 g/mol. The fourth-order valence-electron chi connectivity index (χ4n) is 2.16. The summed E-state index contributed by atoms with van der Waals surface area (Å²) in [6, 6.07) is 5.56. The van der Waals surface area contributed by atoms with Crippen LogP contribution in [0.15, 0.2) is 30.6 Å². The minimum atomic E-state index is -0.865. The first-order valence-electron chi connectivity index (χ1n) is 7.39. The zero-order valence-electron chi connectivity index (χ0n) is 12.9. The predicted molar refractivity (Wildman–Crippen MR) is 84.8 cm³/mol. The van der Waals surface area contributed by atoms with E-state index in [0.29, 0.717) is 18.2 Å². The van der Waals surface area contributed by atoms with Gasteiger partial charge in [-0.25, -0.2) is 9.97 Å². The number of carboxylic acid groups (broad SMARTS) is 1. The molecule has 1 N–H and O–H groups in total. The van der Waals surface area contributed by atoms with Gasteiger partial charge in [0.1, 0.15) is 12.4 Å². The van der Waals surface area contributed by atoms with Crippen LogP contribution in [0.25, 0.3) is 11.4 Å². The summed E-state index contributed by atoms with van der Waals surface area (Å²) in [6.45, 7) is 4.61. The second-order valence-electron chi connectivity index (χ2n) is 4.95. The fraction of sp³-hybridized carbons (Fsp3) is 0.375. The summed E-state index contributed by atoms with van der Waals surface area (Å²) in [4.78, 5) is 25.9. The van der Waals surface area contributed by atoms with E-state index in [-0.39, 0.29) is 6.54 Å². The molecule has 6 nitrogen and oxygen atoms in total. The molecule has 2 aromatic rings. The lowest BCUT2D eigenvalue weighted by Crippen LogP contribution is -2.31. The van der Waals surface area contributed by atoms with Gasteiger partial charge in [0.2, 0.25) is 0 Å². The summed E-state index contributed by atoms with van der Waals surface area (Å²) in [5.74, 6) is 0.390. The first-order valence-corrected chi connectivity index (χ1v) is 7.39. The van der Waals surface area contributed by atoms with Gasteiger partial charge in [0.25, 0.3) is 0 Å². The molecule has 2 aromatic heterocycles. The summed E-state index contributed by atoms with van der Waals surface area (Å²) >= 11 is 0. The lowest BCUT2D eigenvalue weighted by Gasteiger charge is -2.22. The van der Waals surface area contributed by atoms with Gasteiger partial charge in [0, 0.05) is 36.3 Å². The molecule has 0 atom stereocenters. The Hall–Kier alpha value is -2.50. The third-order valence-electron chi connectivity index (χ3n) is 3.21. The van der Waals surface area contributed by atoms with Crippen molar-refractivity contribution in [3.63, 3.8) is 0 Å². The highest BCUT2D eigenvalue weighted by Crippen LogP contribution is 2.20. The van der Waals surface area contributed by atoms with Gasteiger partial charge < -0.3 is 10.0 Å². The Morgan fingerprint density at radius 3 is 2.55 bits per heavy atom. The minimum absolute atomic E-state index is 0.0657. The average Bonchev–Trinajstić information content (AvgIpc) is 2.54. The number of carbonyl (C=O) groups is 1. The van der Waals surface area contributed by atoms with E-state index in [1.165, 1.54) is 0 Å². The van der Waals surface area contributed by atoms with Crippen LogP contribution in [0.2, 0.25) is 0 Å². The number of rotatable bonds is 7. The third-order valence-corrected chi connectivity index (χ3v) is 3.21. The van der Waals surface area contributed by atoms with Crippen molar-refractivity contribution in [1.82, 2.24) is 15.0 Å². The smallest absolute Gasteiger partial charge is 0.323 e. The van der Waals surface area contributed by atoms with Crippen molar-refractivity contribution in [1.29, 1.82) is 0 Å². The van der Waals surface area contributed by atoms with Crippen LogP contribution >= 0.6 is 0 Å². The molecule has 0 fully saturated rings. The van der Waals surface area contributed by atoms with Crippen LogP contribution in [-0.4, -0.2) is 39.1 Å². The number of pyridine rings is 1. The highest BCUT2D eigenvalue weighted by atomic mass is 16.4. The Kier molecular flexibility index (Phi) is 5.41. The number of carboxylic acids is 1. The molecular weight excluding hydrogens is 280 g/mol. The molecule has 0 spiro atoms. The largest absolute Gasteiger partial charge is 0.480 e. The normalized spacial score (nSPS) is 10.5. The predicted octanol–water partition coefficient (Wildman–Crippen LogP) is 2.40. The Morgan fingerprint density at radius 2 is 1.95 bits per heavy atom. The first kappa shape index (κ1) is 15.9. The Labute approximate surface area is 129 Å². The summed E-state index contributed by atoms with van der Waals surface area (Å²) in [5.41, 5.74) is 1.77. The zero-order chi connectivity index (χ0) is 15.9. The lowest BCUT2D eigenvalue weighted by atomic mass is 10.2. The minimum Gasteiger partial charge on any atom is -0.480 e. The number of aromatic nitrogens is 3. The molecule has 0 saturated carbocycles. The first-order chi connectivity index (χ1) is 10.6. The zero-order valence-corrected chi connectivity index (χ0v) is 12.9. The maximum Gasteiger partial charge on any atom is 0.323 e. The van der Waals surface area contributed by atoms with Gasteiger partial charge >= 0.3 is 5.97 Å². The molecule has 0 aliphatic rings. The molecule has 22 heavy (non-hydrogen) atoms. The van der Waals surface area contributed by atoms with Crippen molar-refractivity contribution in [2.75, 3.05) is 18.0 Å². The summed E-state index contributed by atoms with van der Waals surface area (Å²) in [7, 11) is 0. The molecule has 0 radical (unpaired) electrons. The van der Waals surface area contributed by atoms with Crippen LogP contribution in [0.3, 0.4) is 0 Å². The number of hydrogen-bond acceptors (Lipinski definition) is 5. The average molecular weight is 300 g/mol. The van der Waals surface area contributed by atoms with Gasteiger partial charge in [0.05, 0.1) is 0 Å². The van der Waals surface area contributed by atoms with E-state index in [1.54, 1.807) is 17.3 Å². The summed E-state index contributed by atoms with van der Waals surface area (Å²) < 4.78 is 0. The van der Waals surface area contributed by atoms with E-state index in [0.717, 1.165) is 24.1 Å². The molecule has 116 valence electrons. The molecule has 0 aliphatic carbocycles. The SMILES string of the molecule is CCCN(CC(=O)O)c1cc(CC)nc(-c2ccncc2)n1. The molecule has 0 bridgehead atoms. The van der Waals surface area contributed by atoms with Crippen LogP contribution < -0.4 is 4.90 Å². The number of anilines is 1. The standard InChI is InChI=1S/C16H20N4O2/c1-3-9-20(11-15(21)22)14-10-13(4-2)18-16(19-14)12-5-7-17-8-6-12/h5-8,10H,3-4,9,11H2,1-2H3,(H,21,22). The van der Waals surface area contributed by atoms with E-state index in [2.05, 4.69) is 15.0 Å². The summed E-state index contributed by atoms with van der Waals surface area (Å²) in [6.07, 6.45) is 5.00.